The summed E-state index contributed by atoms with van der Waals surface area (Å²) in [5.41, 5.74) is 5.19. The Hall–Kier alpha value is -4.17. The number of halogens is 4. The van der Waals surface area contributed by atoms with Crippen LogP contribution in [0.5, 0.6) is 0 Å². The van der Waals surface area contributed by atoms with Crippen molar-refractivity contribution in [2.24, 2.45) is 5.73 Å². The van der Waals surface area contributed by atoms with Gasteiger partial charge in [-0.3, -0.25) is 19.1 Å². The molecule has 0 fully saturated rings. The van der Waals surface area contributed by atoms with Crippen LogP contribution in [-0.2, 0) is 11.0 Å². The smallest absolute Gasteiger partial charge is 0.353 e. The number of H-pyrrole nitrogens is 1. The van der Waals surface area contributed by atoms with Crippen LogP contribution in [0.15, 0.2) is 43.0 Å². The Kier molecular flexibility index (Phi) is 7.31. The van der Waals surface area contributed by atoms with Gasteiger partial charge in [-0.2, -0.15) is 18.3 Å². The zero-order chi connectivity index (χ0) is 26.7. The molecule has 11 nitrogen and oxygen atoms in total. The minimum Gasteiger partial charge on any atom is -0.353 e. The van der Waals surface area contributed by atoms with Crippen molar-refractivity contribution in [3.8, 4) is 11.3 Å². The van der Waals surface area contributed by atoms with E-state index < -0.39 is 23.8 Å². The van der Waals surface area contributed by atoms with E-state index in [0.717, 1.165) is 6.20 Å². The summed E-state index contributed by atoms with van der Waals surface area (Å²) in [5.74, 6) is -0.695. The Labute approximate surface area is 212 Å². The van der Waals surface area contributed by atoms with Gasteiger partial charge in [-0.1, -0.05) is 11.6 Å². The number of anilines is 2. The Bertz CT molecular complexity index is 1450. The molecule has 4 rings (SSSR count). The summed E-state index contributed by atoms with van der Waals surface area (Å²) >= 11 is 6.31. The SMILES string of the molecule is CC(NC(=O)c1ccc(Nc2nccn3c(-c4cn[nH]c4C(F)(F)F)cnc23)cc1Cl)C(=O)NCCN. The lowest BCUT2D eigenvalue weighted by atomic mass is 10.1. The fourth-order valence-electron chi connectivity index (χ4n) is 3.51. The van der Waals surface area contributed by atoms with Crippen molar-refractivity contribution in [1.29, 1.82) is 0 Å². The molecule has 1 aromatic carbocycles. The summed E-state index contributed by atoms with van der Waals surface area (Å²) in [7, 11) is 0. The normalized spacial score (nSPS) is 12.4. The first-order chi connectivity index (χ1) is 17.6. The number of carbonyl (C=O) groups excluding carboxylic acids is 2. The summed E-state index contributed by atoms with van der Waals surface area (Å²) in [5, 5.41) is 13.7. The minimum absolute atomic E-state index is 0.0984. The van der Waals surface area contributed by atoms with E-state index in [0.29, 0.717) is 5.69 Å². The fourth-order valence-corrected chi connectivity index (χ4v) is 3.77. The number of nitrogens with one attached hydrogen (secondary N) is 4. The summed E-state index contributed by atoms with van der Waals surface area (Å²) in [6, 6.07) is 3.69. The van der Waals surface area contributed by atoms with E-state index in [4.69, 9.17) is 17.3 Å². The number of nitrogens with two attached hydrogens (primary N) is 1. The van der Waals surface area contributed by atoms with Crippen LogP contribution in [0.25, 0.3) is 16.9 Å². The maximum Gasteiger partial charge on any atom is 0.433 e. The van der Waals surface area contributed by atoms with E-state index in [1.54, 1.807) is 6.07 Å². The maximum atomic E-state index is 13.3. The van der Waals surface area contributed by atoms with Gasteiger partial charge < -0.3 is 21.7 Å². The molecule has 2 amide bonds. The molecular weight excluding hydrogens is 515 g/mol. The monoisotopic (exact) mass is 535 g/mol. The first-order valence-corrected chi connectivity index (χ1v) is 11.3. The number of nitrogens with zero attached hydrogens (tertiary/aromatic N) is 4. The summed E-state index contributed by atoms with van der Waals surface area (Å²) in [4.78, 5) is 33.0. The zero-order valence-corrected chi connectivity index (χ0v) is 20.0. The zero-order valence-electron chi connectivity index (χ0n) is 19.2. The Morgan fingerprint density at radius 1 is 1.24 bits per heavy atom. The van der Waals surface area contributed by atoms with Crippen LogP contribution in [0.2, 0.25) is 5.02 Å². The van der Waals surface area contributed by atoms with Crippen molar-refractivity contribution < 1.29 is 22.8 Å². The lowest BCUT2D eigenvalue weighted by Gasteiger charge is -2.15. The average molecular weight is 536 g/mol. The summed E-state index contributed by atoms with van der Waals surface area (Å²) in [6.45, 7) is 2.08. The average Bonchev–Trinajstić information content (AvgIpc) is 3.50. The third kappa shape index (κ3) is 5.49. The third-order valence-corrected chi connectivity index (χ3v) is 5.60. The van der Waals surface area contributed by atoms with Gasteiger partial charge in [0.25, 0.3) is 5.91 Å². The molecule has 0 bridgehead atoms. The van der Waals surface area contributed by atoms with Gasteiger partial charge in [0, 0.05) is 31.2 Å². The third-order valence-electron chi connectivity index (χ3n) is 5.29. The Morgan fingerprint density at radius 2 is 2.03 bits per heavy atom. The highest BCUT2D eigenvalue weighted by Gasteiger charge is 2.36. The molecule has 3 aromatic heterocycles. The van der Waals surface area contributed by atoms with E-state index in [1.165, 1.54) is 42.0 Å². The molecule has 0 spiro atoms. The maximum absolute atomic E-state index is 13.3. The molecule has 1 atom stereocenters. The van der Waals surface area contributed by atoms with E-state index in [-0.39, 0.29) is 52.3 Å². The van der Waals surface area contributed by atoms with Crippen LogP contribution in [0.1, 0.15) is 23.0 Å². The second-order valence-corrected chi connectivity index (χ2v) is 8.27. The predicted octanol–water partition coefficient (Wildman–Crippen LogP) is 2.73. The van der Waals surface area contributed by atoms with Crippen LogP contribution in [0.4, 0.5) is 24.7 Å². The number of hydrogen-bond acceptors (Lipinski definition) is 7. The van der Waals surface area contributed by atoms with Gasteiger partial charge >= 0.3 is 6.18 Å². The van der Waals surface area contributed by atoms with Gasteiger partial charge in [0.2, 0.25) is 5.91 Å². The Balaban J connectivity index is 1.55. The van der Waals surface area contributed by atoms with Crippen molar-refractivity contribution in [3.63, 3.8) is 0 Å². The van der Waals surface area contributed by atoms with Crippen molar-refractivity contribution in [2.45, 2.75) is 19.1 Å². The lowest BCUT2D eigenvalue weighted by Crippen LogP contribution is -2.46. The lowest BCUT2D eigenvalue weighted by molar-refractivity contribution is -0.140. The van der Waals surface area contributed by atoms with Crippen LogP contribution in [0, 0.1) is 0 Å². The summed E-state index contributed by atoms with van der Waals surface area (Å²) < 4.78 is 41.4. The minimum atomic E-state index is -4.62. The number of fused-ring (bicyclic) bond motifs is 1. The number of carbonyl (C=O) groups is 2. The second kappa shape index (κ2) is 10.4. The number of aromatic nitrogens is 5. The molecule has 194 valence electrons. The molecule has 3 heterocycles. The first kappa shape index (κ1) is 25.9. The summed E-state index contributed by atoms with van der Waals surface area (Å²) in [6.07, 6.45) is 0.607. The quantitative estimate of drug-likeness (QED) is 0.232. The van der Waals surface area contributed by atoms with Gasteiger partial charge in [0.1, 0.15) is 11.7 Å². The molecule has 0 aliphatic rings. The molecule has 0 saturated heterocycles. The van der Waals surface area contributed by atoms with Gasteiger partial charge in [0.15, 0.2) is 11.5 Å². The van der Waals surface area contributed by atoms with Gasteiger partial charge in [-0.15, -0.1) is 0 Å². The topological polar surface area (TPSA) is 155 Å². The number of rotatable bonds is 8. The molecule has 0 aliphatic carbocycles. The van der Waals surface area contributed by atoms with E-state index in [2.05, 4.69) is 31.0 Å². The van der Waals surface area contributed by atoms with E-state index in [1.807, 2.05) is 5.10 Å². The molecule has 15 heteroatoms. The molecule has 1 unspecified atom stereocenters. The van der Waals surface area contributed by atoms with Crippen molar-refractivity contribution >= 4 is 40.6 Å². The van der Waals surface area contributed by atoms with E-state index in [9.17, 15) is 22.8 Å². The van der Waals surface area contributed by atoms with Gasteiger partial charge in [-0.05, 0) is 25.1 Å². The number of alkyl halides is 3. The molecule has 6 N–H and O–H groups in total. The second-order valence-electron chi connectivity index (χ2n) is 7.86. The highest BCUT2D eigenvalue weighted by atomic mass is 35.5. The van der Waals surface area contributed by atoms with Gasteiger partial charge in [0.05, 0.1) is 34.2 Å². The molecule has 0 aliphatic heterocycles. The van der Waals surface area contributed by atoms with Crippen molar-refractivity contribution in [3.05, 3.63) is 59.3 Å². The molecule has 4 aromatic rings. The molecular formula is C22H21ClF3N9O2. The van der Waals surface area contributed by atoms with Crippen LogP contribution in [-0.4, -0.2) is 55.5 Å². The number of imidazole rings is 1. The first-order valence-electron chi connectivity index (χ1n) is 10.9. The molecule has 37 heavy (non-hydrogen) atoms. The molecule has 0 radical (unpaired) electrons. The number of amides is 2. The van der Waals surface area contributed by atoms with Gasteiger partial charge in [-0.25, -0.2) is 9.97 Å². The van der Waals surface area contributed by atoms with Crippen LogP contribution < -0.4 is 21.7 Å². The standard InChI is InChI=1S/C22H21ClF3N9O2/c1-11(20(36)29-5-4-27)32-21(37)13-3-2-12(8-15(13)23)33-18-19-30-10-16(35(19)7-6-28-18)14-9-31-34-17(14)22(24,25)26/h2-3,6-11H,4-5,27H2,1H3,(H,28,33)(H,29,36)(H,31,34)(H,32,37). The van der Waals surface area contributed by atoms with Crippen LogP contribution in [0.3, 0.4) is 0 Å². The van der Waals surface area contributed by atoms with Crippen LogP contribution >= 0.6 is 11.6 Å². The highest BCUT2D eigenvalue weighted by molar-refractivity contribution is 6.34. The number of aromatic amines is 1. The van der Waals surface area contributed by atoms with E-state index >= 15 is 0 Å². The largest absolute Gasteiger partial charge is 0.433 e. The fraction of sp³-hybridized carbons (Fsp3) is 0.227. The number of benzene rings is 1. The highest BCUT2D eigenvalue weighted by Crippen LogP contribution is 2.36. The van der Waals surface area contributed by atoms with Crippen molar-refractivity contribution in [2.75, 3.05) is 18.4 Å². The number of hydrogen-bond donors (Lipinski definition) is 5. The molecule has 0 saturated carbocycles. The predicted molar refractivity (Wildman–Crippen MR) is 129 cm³/mol. The van der Waals surface area contributed by atoms with Crippen molar-refractivity contribution in [1.82, 2.24) is 35.2 Å². The Morgan fingerprint density at radius 3 is 2.73 bits per heavy atom.